The van der Waals surface area contributed by atoms with Crippen molar-refractivity contribution in [2.45, 2.75) is 13.5 Å². The molecule has 21 heavy (non-hydrogen) atoms. The van der Waals surface area contributed by atoms with Crippen LogP contribution in [0.25, 0.3) is 0 Å². The first-order valence-electron chi connectivity index (χ1n) is 6.42. The average molecular weight is 288 g/mol. The summed E-state index contributed by atoms with van der Waals surface area (Å²) in [6.07, 6.45) is 1.68. The SMILES string of the molecule is CCN(Cc1ccccn1)c1nc(NN)ccc1[N+](=O)[O-]. The van der Waals surface area contributed by atoms with Crippen LogP contribution in [0.4, 0.5) is 17.3 Å². The molecule has 8 nitrogen and oxygen atoms in total. The van der Waals surface area contributed by atoms with Crippen LogP contribution in [-0.4, -0.2) is 21.4 Å². The highest BCUT2D eigenvalue weighted by atomic mass is 16.6. The number of nitro groups is 1. The van der Waals surface area contributed by atoms with Gasteiger partial charge in [-0.2, -0.15) is 0 Å². The Balaban J connectivity index is 2.38. The molecule has 0 aliphatic heterocycles. The molecule has 2 rings (SSSR count). The van der Waals surface area contributed by atoms with Crippen molar-refractivity contribution in [1.82, 2.24) is 9.97 Å². The molecule has 0 radical (unpaired) electrons. The van der Waals surface area contributed by atoms with Crippen molar-refractivity contribution in [3.8, 4) is 0 Å². The minimum atomic E-state index is -0.455. The van der Waals surface area contributed by atoms with E-state index in [1.165, 1.54) is 12.1 Å². The summed E-state index contributed by atoms with van der Waals surface area (Å²) in [6.45, 7) is 2.88. The predicted molar refractivity (Wildman–Crippen MR) is 79.7 cm³/mol. The summed E-state index contributed by atoms with van der Waals surface area (Å²) in [6, 6.07) is 8.41. The monoisotopic (exact) mass is 288 g/mol. The maximum Gasteiger partial charge on any atom is 0.311 e. The van der Waals surface area contributed by atoms with Crippen LogP contribution < -0.4 is 16.2 Å². The maximum absolute atomic E-state index is 11.2. The van der Waals surface area contributed by atoms with E-state index in [9.17, 15) is 10.1 Å². The third-order valence-corrected chi connectivity index (χ3v) is 2.96. The van der Waals surface area contributed by atoms with Gasteiger partial charge in [-0.05, 0) is 25.1 Å². The van der Waals surface area contributed by atoms with Gasteiger partial charge in [0, 0.05) is 18.8 Å². The number of hydrazine groups is 1. The largest absolute Gasteiger partial charge is 0.345 e. The third-order valence-electron chi connectivity index (χ3n) is 2.96. The third kappa shape index (κ3) is 3.42. The van der Waals surface area contributed by atoms with Crippen molar-refractivity contribution >= 4 is 17.3 Å². The smallest absolute Gasteiger partial charge is 0.311 e. The van der Waals surface area contributed by atoms with Crippen LogP contribution in [0.15, 0.2) is 36.5 Å². The Morgan fingerprint density at radius 3 is 2.76 bits per heavy atom. The standard InChI is InChI=1S/C13H16N6O2/c1-2-18(9-10-5-3-4-8-15-10)13-11(19(20)21)6-7-12(16-13)17-14/h3-8H,2,9,14H2,1H3,(H,16,17). The number of pyridine rings is 2. The second-order valence-corrected chi connectivity index (χ2v) is 4.28. The van der Waals surface area contributed by atoms with Gasteiger partial charge in [-0.3, -0.25) is 15.1 Å². The van der Waals surface area contributed by atoms with Crippen LogP contribution in [0, 0.1) is 10.1 Å². The topological polar surface area (TPSA) is 110 Å². The summed E-state index contributed by atoms with van der Waals surface area (Å²) >= 11 is 0. The predicted octanol–water partition coefficient (Wildman–Crippen LogP) is 1.70. The first kappa shape index (κ1) is 14.7. The second kappa shape index (κ2) is 6.62. The van der Waals surface area contributed by atoms with Crippen LogP contribution in [0.3, 0.4) is 0 Å². The fourth-order valence-corrected chi connectivity index (χ4v) is 1.92. The highest BCUT2D eigenvalue weighted by Crippen LogP contribution is 2.28. The molecule has 0 bridgehead atoms. The minimum Gasteiger partial charge on any atom is -0.345 e. The zero-order valence-corrected chi connectivity index (χ0v) is 11.6. The molecule has 110 valence electrons. The van der Waals surface area contributed by atoms with E-state index < -0.39 is 4.92 Å². The van der Waals surface area contributed by atoms with Gasteiger partial charge in [-0.1, -0.05) is 6.07 Å². The molecule has 0 aromatic carbocycles. The minimum absolute atomic E-state index is 0.0632. The number of nitrogens with two attached hydrogens (primary N) is 1. The van der Waals surface area contributed by atoms with Crippen LogP contribution >= 0.6 is 0 Å². The number of rotatable bonds is 6. The van der Waals surface area contributed by atoms with Crippen LogP contribution in [0.1, 0.15) is 12.6 Å². The number of hydrogen-bond acceptors (Lipinski definition) is 7. The molecule has 0 atom stereocenters. The van der Waals surface area contributed by atoms with E-state index in [0.29, 0.717) is 18.9 Å². The molecular weight excluding hydrogens is 272 g/mol. The Kier molecular flexibility index (Phi) is 4.62. The number of anilines is 2. The molecule has 0 fully saturated rings. The zero-order chi connectivity index (χ0) is 15.2. The fraction of sp³-hybridized carbons (Fsp3) is 0.231. The zero-order valence-electron chi connectivity index (χ0n) is 11.6. The summed E-state index contributed by atoms with van der Waals surface area (Å²) in [5.74, 6) is 5.96. The second-order valence-electron chi connectivity index (χ2n) is 4.28. The highest BCUT2D eigenvalue weighted by Gasteiger charge is 2.21. The van der Waals surface area contributed by atoms with Crippen LogP contribution in [0.5, 0.6) is 0 Å². The molecule has 0 spiro atoms. The van der Waals surface area contributed by atoms with Gasteiger partial charge in [-0.25, -0.2) is 10.8 Å². The van der Waals surface area contributed by atoms with Crippen molar-refractivity contribution in [1.29, 1.82) is 0 Å². The maximum atomic E-state index is 11.2. The van der Waals surface area contributed by atoms with Crippen molar-refractivity contribution < 1.29 is 4.92 Å². The Hall–Kier alpha value is -2.74. The van der Waals surface area contributed by atoms with E-state index in [1.54, 1.807) is 11.1 Å². The first-order chi connectivity index (χ1) is 10.2. The molecule has 0 saturated carbocycles. The van der Waals surface area contributed by atoms with Gasteiger partial charge in [0.25, 0.3) is 0 Å². The number of nitrogens with zero attached hydrogens (tertiary/aromatic N) is 4. The van der Waals surface area contributed by atoms with Gasteiger partial charge < -0.3 is 10.3 Å². The highest BCUT2D eigenvalue weighted by molar-refractivity contribution is 5.61. The van der Waals surface area contributed by atoms with Crippen LogP contribution in [-0.2, 0) is 6.54 Å². The Bertz CT molecular complexity index is 619. The van der Waals surface area contributed by atoms with Gasteiger partial charge in [0.2, 0.25) is 5.82 Å². The summed E-state index contributed by atoms with van der Waals surface area (Å²) in [5, 5.41) is 11.2. The van der Waals surface area contributed by atoms with E-state index in [0.717, 1.165) is 5.69 Å². The summed E-state index contributed by atoms with van der Waals surface area (Å²) in [7, 11) is 0. The fourth-order valence-electron chi connectivity index (χ4n) is 1.92. The molecule has 2 heterocycles. The molecule has 3 N–H and O–H groups in total. The van der Waals surface area contributed by atoms with E-state index >= 15 is 0 Å². The summed E-state index contributed by atoms with van der Waals surface area (Å²) in [4.78, 5) is 20.9. The molecule has 2 aromatic rings. The van der Waals surface area contributed by atoms with Crippen molar-refractivity contribution in [3.05, 3.63) is 52.3 Å². The lowest BCUT2D eigenvalue weighted by molar-refractivity contribution is -0.384. The molecule has 0 aliphatic carbocycles. The number of nitrogens with one attached hydrogen (secondary N) is 1. The molecule has 0 amide bonds. The summed E-state index contributed by atoms with van der Waals surface area (Å²) < 4.78 is 0. The molecule has 8 heteroatoms. The van der Waals surface area contributed by atoms with Crippen molar-refractivity contribution in [2.75, 3.05) is 16.9 Å². The Morgan fingerprint density at radius 2 is 2.19 bits per heavy atom. The Labute approximate surface area is 121 Å². The molecular formula is C13H16N6O2. The number of aromatic nitrogens is 2. The van der Waals surface area contributed by atoms with E-state index in [4.69, 9.17) is 5.84 Å². The average Bonchev–Trinajstić information content (AvgIpc) is 2.52. The van der Waals surface area contributed by atoms with Crippen molar-refractivity contribution in [2.24, 2.45) is 5.84 Å². The van der Waals surface area contributed by atoms with E-state index in [-0.39, 0.29) is 11.5 Å². The van der Waals surface area contributed by atoms with Gasteiger partial charge in [0.05, 0.1) is 17.2 Å². The van der Waals surface area contributed by atoms with Gasteiger partial charge in [0.1, 0.15) is 5.82 Å². The van der Waals surface area contributed by atoms with Crippen LogP contribution in [0.2, 0.25) is 0 Å². The lowest BCUT2D eigenvalue weighted by atomic mass is 10.3. The van der Waals surface area contributed by atoms with E-state index in [2.05, 4.69) is 15.4 Å². The van der Waals surface area contributed by atoms with Crippen molar-refractivity contribution in [3.63, 3.8) is 0 Å². The first-order valence-corrected chi connectivity index (χ1v) is 6.42. The number of hydrogen-bond donors (Lipinski definition) is 2. The lowest BCUT2D eigenvalue weighted by Gasteiger charge is -2.21. The molecule has 2 aromatic heterocycles. The number of nitrogen functional groups attached to an aromatic ring is 1. The van der Waals surface area contributed by atoms with Gasteiger partial charge in [0.15, 0.2) is 0 Å². The van der Waals surface area contributed by atoms with E-state index in [1.807, 2.05) is 25.1 Å². The Morgan fingerprint density at radius 1 is 1.38 bits per heavy atom. The molecule has 0 saturated heterocycles. The quantitative estimate of drug-likeness (QED) is 0.472. The lowest BCUT2D eigenvalue weighted by Crippen LogP contribution is -2.25. The normalized spacial score (nSPS) is 10.2. The summed E-state index contributed by atoms with van der Waals surface area (Å²) in [5.41, 5.74) is 3.14. The molecule has 0 aliphatic rings. The molecule has 0 unspecified atom stereocenters. The van der Waals surface area contributed by atoms with Gasteiger partial charge in [-0.15, -0.1) is 0 Å². The van der Waals surface area contributed by atoms with Gasteiger partial charge >= 0.3 is 5.69 Å².